The van der Waals surface area contributed by atoms with Crippen molar-refractivity contribution in [1.82, 2.24) is 15.5 Å². The number of esters is 2. The molecule has 3 aromatic heterocycles. The summed E-state index contributed by atoms with van der Waals surface area (Å²) in [5.74, 6) is 0.382. The molecule has 3 aliphatic heterocycles. The maximum Gasteiger partial charge on any atom is 0.337 e. The molecule has 6 heterocycles. The van der Waals surface area contributed by atoms with Crippen LogP contribution in [-0.2, 0) is 62.9 Å². The van der Waals surface area contributed by atoms with Gasteiger partial charge in [-0.1, -0.05) is 103 Å². The fraction of sp³-hybridized carbons (Fsp3) is 0.225. The standard InChI is InChI=1S/C30H23Cl2FN2O5.C29H21Cl2FN2O5.C22H18Cl2N2O3.C8H6FIO2/c1-38-30(37)18-7-10-25(23(33)14-18)35-24-11-9-19(13-17(24)8-12-26(35)36)39-15-20-28(34-40-29(20)16-5-6-16)27-21(31)3-2-4-22(27)32;30-20-2-1-3-21(31)26(20)27-19(28(39-33-27)15-4-5-15)14-38-18-8-10-23-16(12-18)7-11-25(35)34(23)24-9-6-17(29(36)37)13-22(24)32;23-16-2-1-3-17(24)20(16)21-15(22(29-26-21)12-4-5-12)11-28-14-7-8-18-13(10-14)6-9-19(27)25-18;1-12-8(11)5-2-3-7(10)6(9)4-5/h2-4,7,9-11,13-14,16H,5-6,8,12,15H2,1H3;1-3,6,8-10,12-13,15H,4-5,7,11,14H2,(H,36,37);1-3,7-8,10,12H,4-6,9,11H2,(H,25,27);2-4H,1H3. The molecule has 2 N–H and O–H groups in total. The highest BCUT2D eigenvalue weighted by Gasteiger charge is 2.38. The van der Waals surface area contributed by atoms with Gasteiger partial charge in [0.15, 0.2) is 0 Å². The summed E-state index contributed by atoms with van der Waals surface area (Å²) in [6.07, 6.45) is 8.69. The molecule has 0 unspecified atom stereocenters. The number of methoxy groups -OCH3 is 2. The van der Waals surface area contributed by atoms with Crippen LogP contribution in [0.1, 0.15) is 157 Å². The van der Waals surface area contributed by atoms with Crippen molar-refractivity contribution in [2.24, 2.45) is 0 Å². The second-order valence-corrected chi connectivity index (χ2v) is 32.4. The third-order valence-corrected chi connectivity index (χ3v) is 23.5. The molecule has 0 spiro atoms. The number of aromatic carboxylic acids is 1. The van der Waals surface area contributed by atoms with Crippen LogP contribution in [-0.4, -0.2) is 70.4 Å². The SMILES string of the molecule is COC(=O)c1ccc(I)c(F)c1.COC(=O)c1ccc(N2C(=O)CCc3cc(OCc4c(-c5c(Cl)cccc5Cl)noc4C4CC4)ccc32)c(F)c1.O=C(O)c1ccc(N2C(=O)CCc3cc(OCc4c(-c5c(Cl)cccc5Cl)noc4C4CC4)ccc32)c(F)c1.O=C1CCc2cc(OCc3c(-c4c(Cl)cccc4Cl)noc3C3CC3)ccc2N1. The van der Waals surface area contributed by atoms with Crippen LogP contribution in [0.3, 0.4) is 0 Å². The van der Waals surface area contributed by atoms with E-state index in [4.69, 9.17) is 102 Å². The summed E-state index contributed by atoms with van der Waals surface area (Å²) < 4.78 is 87.9. The number of halogens is 10. The molecule has 0 atom stereocenters. The highest BCUT2D eigenvalue weighted by atomic mass is 127. The first kappa shape index (κ1) is 84.1. The van der Waals surface area contributed by atoms with Crippen molar-refractivity contribution in [3.05, 3.63) is 282 Å². The van der Waals surface area contributed by atoms with Crippen LogP contribution < -0.4 is 29.3 Å². The minimum absolute atomic E-state index is 0.000532. The van der Waals surface area contributed by atoms with Gasteiger partial charge in [0.1, 0.15) is 88.9 Å². The zero-order chi connectivity index (χ0) is 84.3. The molecule has 12 aromatic rings. The van der Waals surface area contributed by atoms with Crippen molar-refractivity contribution < 1.29 is 84.3 Å². The zero-order valence-corrected chi connectivity index (χ0v) is 70.3. The summed E-state index contributed by atoms with van der Waals surface area (Å²) in [5.41, 5.74) is 10.8. The molecule has 9 aromatic carbocycles. The van der Waals surface area contributed by atoms with Crippen LogP contribution in [0.2, 0.25) is 30.1 Å². The summed E-state index contributed by atoms with van der Waals surface area (Å²) in [4.78, 5) is 73.7. The summed E-state index contributed by atoms with van der Waals surface area (Å²) in [7, 11) is 2.49. The van der Waals surface area contributed by atoms with E-state index in [9.17, 15) is 37.5 Å². The average molecular weight is 1860 g/mol. The number of carbonyl (C=O) groups excluding carboxylic acids is 5. The molecule has 120 heavy (non-hydrogen) atoms. The highest BCUT2D eigenvalue weighted by molar-refractivity contribution is 14.1. The monoisotopic (exact) mass is 1850 g/mol. The maximum atomic E-state index is 15.0. The second kappa shape index (κ2) is 36.6. The van der Waals surface area contributed by atoms with E-state index in [0.29, 0.717) is 129 Å². The van der Waals surface area contributed by atoms with Crippen molar-refractivity contribution >= 4 is 156 Å². The number of benzene rings is 9. The van der Waals surface area contributed by atoms with E-state index in [1.54, 1.807) is 78.9 Å². The van der Waals surface area contributed by atoms with E-state index >= 15 is 4.39 Å². The zero-order valence-electron chi connectivity index (χ0n) is 63.6. The number of carbonyl (C=O) groups is 6. The molecule has 0 radical (unpaired) electrons. The third-order valence-electron chi connectivity index (χ3n) is 20.7. The number of hydrogen-bond acceptors (Lipinski definition) is 17. The van der Waals surface area contributed by atoms with Crippen molar-refractivity contribution in [3.63, 3.8) is 0 Å². The molecule has 0 bridgehead atoms. The lowest BCUT2D eigenvalue weighted by Crippen LogP contribution is -2.31. The summed E-state index contributed by atoms with van der Waals surface area (Å²) in [6.45, 7) is 0.646. The lowest BCUT2D eigenvalue weighted by molar-refractivity contribution is -0.119. The third kappa shape index (κ3) is 18.5. The van der Waals surface area contributed by atoms with E-state index in [1.165, 1.54) is 60.4 Å². The van der Waals surface area contributed by atoms with Gasteiger partial charge in [0.25, 0.3) is 0 Å². The molecule has 31 heteroatoms. The normalized spacial score (nSPS) is 14.5. The molecular weight excluding hydrogens is 1790 g/mol. The number of anilines is 5. The molecule has 614 valence electrons. The number of ether oxygens (including phenoxy) is 5. The fourth-order valence-electron chi connectivity index (χ4n) is 14.2. The molecule has 3 aliphatic carbocycles. The van der Waals surface area contributed by atoms with Crippen molar-refractivity contribution in [2.75, 3.05) is 29.3 Å². The minimum atomic E-state index is -1.25. The van der Waals surface area contributed by atoms with Gasteiger partial charge in [-0.3, -0.25) is 24.2 Å². The summed E-state index contributed by atoms with van der Waals surface area (Å²) in [6, 6.07) is 43.8. The number of aryl methyl sites for hydroxylation is 3. The van der Waals surface area contributed by atoms with Gasteiger partial charge in [-0.15, -0.1) is 0 Å². The molecule has 0 saturated heterocycles. The highest BCUT2D eigenvalue weighted by Crippen LogP contribution is 2.51. The van der Waals surface area contributed by atoms with Gasteiger partial charge in [-0.2, -0.15) is 0 Å². The molecule has 21 nitrogen and oxygen atoms in total. The first-order chi connectivity index (χ1) is 57.9. The molecule has 6 aliphatic rings. The lowest BCUT2D eigenvalue weighted by atomic mass is 9.99. The van der Waals surface area contributed by atoms with Crippen LogP contribution in [0.5, 0.6) is 17.2 Å². The van der Waals surface area contributed by atoms with E-state index in [1.807, 2.05) is 52.9 Å². The Balaban J connectivity index is 0.000000132. The largest absolute Gasteiger partial charge is 0.489 e. The summed E-state index contributed by atoms with van der Waals surface area (Å²) in [5, 5.41) is 27.8. The Morgan fingerprint density at radius 3 is 1.15 bits per heavy atom. The van der Waals surface area contributed by atoms with Gasteiger partial charge in [0.05, 0.1) is 100 Å². The quantitative estimate of drug-likeness (QED) is 0.0530. The Hall–Kier alpha value is -10.9. The smallest absolute Gasteiger partial charge is 0.337 e. The van der Waals surface area contributed by atoms with Gasteiger partial charge < -0.3 is 47.7 Å². The Labute approximate surface area is 727 Å². The van der Waals surface area contributed by atoms with Crippen LogP contribution in [0.25, 0.3) is 33.8 Å². The van der Waals surface area contributed by atoms with Crippen LogP contribution >= 0.6 is 92.2 Å². The molecule has 3 saturated carbocycles. The van der Waals surface area contributed by atoms with Crippen LogP contribution in [0.4, 0.5) is 41.6 Å². The number of carboxylic acids is 1. The van der Waals surface area contributed by atoms with Crippen LogP contribution in [0, 0.1) is 21.0 Å². The topological polar surface area (TPSA) is 265 Å². The van der Waals surface area contributed by atoms with Gasteiger partial charge >= 0.3 is 17.9 Å². The van der Waals surface area contributed by atoms with Crippen molar-refractivity contribution in [2.45, 2.75) is 115 Å². The first-order valence-electron chi connectivity index (χ1n) is 37.9. The number of amides is 3. The number of hydrogen-bond donors (Lipinski definition) is 2. The lowest BCUT2D eigenvalue weighted by Gasteiger charge is -2.30. The maximum absolute atomic E-state index is 15.0. The second-order valence-electron chi connectivity index (χ2n) is 28.8. The van der Waals surface area contributed by atoms with Gasteiger partial charge in [0.2, 0.25) is 17.7 Å². The Morgan fingerprint density at radius 1 is 0.442 bits per heavy atom. The average Bonchev–Trinajstić information content (AvgIpc) is 1.72. The number of fused-ring (bicyclic) bond motifs is 3. The Kier molecular flexibility index (Phi) is 25.6. The van der Waals surface area contributed by atoms with E-state index < -0.39 is 35.4 Å². The van der Waals surface area contributed by atoms with E-state index in [0.717, 1.165) is 119 Å². The Morgan fingerprint density at radius 2 is 0.783 bits per heavy atom. The minimum Gasteiger partial charge on any atom is -0.489 e. The molecular formula is C89H68Cl6F3IN6O15. The number of nitrogens with zero attached hydrogens (tertiary/aromatic N) is 5. The van der Waals surface area contributed by atoms with Crippen molar-refractivity contribution in [3.8, 4) is 51.0 Å². The Bertz CT molecular complexity index is 5990. The van der Waals surface area contributed by atoms with Gasteiger partial charge in [-0.25, -0.2) is 27.6 Å². The van der Waals surface area contributed by atoms with Crippen molar-refractivity contribution in [1.29, 1.82) is 0 Å². The fourth-order valence-corrected chi connectivity index (χ4v) is 16.3. The van der Waals surface area contributed by atoms with E-state index in [2.05, 4.69) is 30.3 Å². The predicted octanol–water partition coefficient (Wildman–Crippen LogP) is 23.4. The number of aromatic nitrogens is 3. The van der Waals surface area contributed by atoms with Gasteiger partial charge in [0, 0.05) is 63.0 Å². The predicted molar refractivity (Wildman–Crippen MR) is 454 cm³/mol. The molecule has 3 fully saturated rings. The molecule has 3 amide bonds. The number of rotatable bonds is 20. The van der Waals surface area contributed by atoms with E-state index in [-0.39, 0.29) is 83.7 Å². The number of nitrogens with one attached hydrogen (secondary N) is 1. The summed E-state index contributed by atoms with van der Waals surface area (Å²) >= 11 is 40.5. The first-order valence-corrected chi connectivity index (χ1v) is 41.2. The number of carboxylic acid groups (broad SMARTS) is 1. The van der Waals surface area contributed by atoms with Gasteiger partial charge in [-0.05, 0) is 243 Å². The molecule has 18 rings (SSSR count). The van der Waals surface area contributed by atoms with Crippen LogP contribution in [0.15, 0.2) is 177 Å².